The Morgan fingerprint density at radius 2 is 2.29 bits per heavy atom. The Kier molecular flexibility index (Phi) is 2.99. The number of hydrogen-bond donors (Lipinski definition) is 5. The van der Waals surface area contributed by atoms with Gasteiger partial charge in [0.2, 0.25) is 5.95 Å². The highest BCUT2D eigenvalue weighted by molar-refractivity contribution is 5.70. The summed E-state index contributed by atoms with van der Waals surface area (Å²) >= 11 is 0. The van der Waals surface area contributed by atoms with E-state index < -0.39 is 36.2 Å². The monoisotopic (exact) mass is 297 g/mol. The second-order valence-corrected chi connectivity index (χ2v) is 5.07. The summed E-state index contributed by atoms with van der Waals surface area (Å²) in [6.07, 6.45) is -2.31. The zero-order valence-corrected chi connectivity index (χ0v) is 11.1. The fourth-order valence-corrected chi connectivity index (χ4v) is 2.56. The lowest BCUT2D eigenvalue weighted by molar-refractivity contribution is -0.132. The predicted molar refractivity (Wildman–Crippen MR) is 70.2 cm³/mol. The maximum Gasteiger partial charge on any atom is 0.280 e. The number of aromatic nitrogens is 4. The molecule has 0 aromatic carbocycles. The van der Waals surface area contributed by atoms with E-state index in [0.29, 0.717) is 0 Å². The zero-order valence-electron chi connectivity index (χ0n) is 11.1. The maximum atomic E-state index is 11.8. The van der Waals surface area contributed by atoms with E-state index >= 15 is 0 Å². The molecule has 2 aromatic rings. The minimum absolute atomic E-state index is 0.0307. The lowest BCUT2D eigenvalue weighted by Gasteiger charge is -2.29. The van der Waals surface area contributed by atoms with Crippen molar-refractivity contribution in [2.75, 3.05) is 12.3 Å². The van der Waals surface area contributed by atoms with Gasteiger partial charge in [-0.3, -0.25) is 14.3 Å². The van der Waals surface area contributed by atoms with Crippen molar-refractivity contribution >= 4 is 17.1 Å². The molecule has 3 heterocycles. The molecule has 0 spiro atoms. The van der Waals surface area contributed by atoms with Crippen LogP contribution in [0.2, 0.25) is 0 Å². The van der Waals surface area contributed by atoms with Crippen LogP contribution >= 0.6 is 0 Å². The average Bonchev–Trinajstić information content (AvgIpc) is 2.95. The first-order valence-corrected chi connectivity index (χ1v) is 6.26. The number of nitrogens with one attached hydrogen (secondary N) is 1. The summed E-state index contributed by atoms with van der Waals surface area (Å²) in [7, 11) is 0. The van der Waals surface area contributed by atoms with E-state index in [1.807, 2.05) is 0 Å². The van der Waals surface area contributed by atoms with Gasteiger partial charge in [0, 0.05) is 0 Å². The molecule has 21 heavy (non-hydrogen) atoms. The van der Waals surface area contributed by atoms with Crippen molar-refractivity contribution in [3.8, 4) is 0 Å². The topological polar surface area (TPSA) is 160 Å². The van der Waals surface area contributed by atoms with Gasteiger partial charge in [-0.15, -0.1) is 0 Å². The standard InChI is InChI=1S/C11H15N5O5/c1-11(7(19)6(18)4(2-17)21-11)16-3-13-5-8(16)14-10(12)15-9(5)20/h3-4,6-7,17-19H,2H2,1H3,(H3,12,14,15,20)/t4-,6+,7+,11-/m1/s1. The summed E-state index contributed by atoms with van der Waals surface area (Å²) in [6, 6.07) is 0. The number of anilines is 1. The fraction of sp³-hybridized carbons (Fsp3) is 0.545. The predicted octanol–water partition coefficient (Wildman–Crippen LogP) is -2.51. The Balaban J connectivity index is 2.19. The Morgan fingerprint density at radius 3 is 2.90 bits per heavy atom. The molecule has 0 aliphatic carbocycles. The molecule has 2 aromatic heterocycles. The Bertz CT molecular complexity index is 742. The number of nitrogen functional groups attached to an aromatic ring is 1. The van der Waals surface area contributed by atoms with Crippen LogP contribution in [0.15, 0.2) is 11.1 Å². The summed E-state index contributed by atoms with van der Waals surface area (Å²) in [4.78, 5) is 22.0. The van der Waals surface area contributed by atoms with Gasteiger partial charge in [0.15, 0.2) is 16.9 Å². The van der Waals surface area contributed by atoms with Crippen molar-refractivity contribution in [3.05, 3.63) is 16.7 Å². The molecule has 1 saturated heterocycles. The van der Waals surface area contributed by atoms with Crippen LogP contribution in [0, 0.1) is 0 Å². The number of aromatic amines is 1. The van der Waals surface area contributed by atoms with Crippen molar-refractivity contribution in [2.24, 2.45) is 0 Å². The van der Waals surface area contributed by atoms with Crippen molar-refractivity contribution in [1.29, 1.82) is 0 Å². The first kappa shape index (κ1) is 13.9. The molecule has 1 aliphatic heterocycles. The van der Waals surface area contributed by atoms with Gasteiger partial charge in [0.25, 0.3) is 5.56 Å². The molecule has 0 unspecified atom stereocenters. The van der Waals surface area contributed by atoms with E-state index in [1.165, 1.54) is 17.8 Å². The van der Waals surface area contributed by atoms with Crippen LogP contribution in [0.3, 0.4) is 0 Å². The molecule has 0 radical (unpaired) electrons. The molecule has 6 N–H and O–H groups in total. The van der Waals surface area contributed by atoms with Crippen LogP contribution in [0.5, 0.6) is 0 Å². The summed E-state index contributed by atoms with van der Waals surface area (Å²) in [5.74, 6) is -0.107. The largest absolute Gasteiger partial charge is 0.394 e. The normalized spacial score (nSPS) is 32.9. The summed E-state index contributed by atoms with van der Waals surface area (Å²) in [5, 5.41) is 29.3. The second kappa shape index (κ2) is 4.49. The van der Waals surface area contributed by atoms with Gasteiger partial charge in [-0.25, -0.2) is 4.98 Å². The quantitative estimate of drug-likeness (QED) is 0.406. The molecule has 0 amide bonds. The van der Waals surface area contributed by atoms with E-state index in [1.54, 1.807) is 0 Å². The SMILES string of the molecule is C[C@@]1(n2cnc3c(=O)[nH]c(N)nc32)O[C@H](CO)[C@H](O)[C@@H]1O. The van der Waals surface area contributed by atoms with Crippen LogP contribution in [0.25, 0.3) is 11.2 Å². The summed E-state index contributed by atoms with van der Waals surface area (Å²) < 4.78 is 6.85. The molecule has 4 atom stereocenters. The first-order chi connectivity index (χ1) is 9.88. The van der Waals surface area contributed by atoms with Crippen LogP contribution in [0.4, 0.5) is 5.95 Å². The number of imidazole rings is 1. The average molecular weight is 297 g/mol. The van der Waals surface area contributed by atoms with Gasteiger partial charge in [-0.1, -0.05) is 0 Å². The third kappa shape index (κ3) is 1.84. The van der Waals surface area contributed by atoms with Gasteiger partial charge >= 0.3 is 0 Å². The van der Waals surface area contributed by atoms with Crippen molar-refractivity contribution in [3.63, 3.8) is 0 Å². The molecular formula is C11H15N5O5. The minimum Gasteiger partial charge on any atom is -0.394 e. The van der Waals surface area contributed by atoms with Gasteiger partial charge in [-0.05, 0) is 6.92 Å². The fourth-order valence-electron chi connectivity index (χ4n) is 2.56. The number of H-pyrrole nitrogens is 1. The third-order valence-electron chi connectivity index (χ3n) is 3.73. The Morgan fingerprint density at radius 1 is 1.57 bits per heavy atom. The second-order valence-electron chi connectivity index (χ2n) is 5.07. The van der Waals surface area contributed by atoms with Gasteiger partial charge in [0.1, 0.15) is 18.3 Å². The van der Waals surface area contributed by atoms with Crippen LogP contribution in [0.1, 0.15) is 6.92 Å². The first-order valence-electron chi connectivity index (χ1n) is 6.26. The van der Waals surface area contributed by atoms with Gasteiger partial charge in [0.05, 0.1) is 12.9 Å². The number of nitrogens with two attached hydrogens (primary N) is 1. The lowest BCUT2D eigenvalue weighted by atomic mass is 10.0. The number of nitrogens with zero attached hydrogens (tertiary/aromatic N) is 3. The van der Waals surface area contributed by atoms with Gasteiger partial charge < -0.3 is 25.8 Å². The summed E-state index contributed by atoms with van der Waals surface area (Å²) in [5.41, 5.74) is 3.70. The molecule has 1 fully saturated rings. The maximum absolute atomic E-state index is 11.8. The minimum atomic E-state index is -1.44. The molecule has 114 valence electrons. The third-order valence-corrected chi connectivity index (χ3v) is 3.73. The number of aliphatic hydroxyl groups excluding tert-OH is 3. The number of hydrogen-bond acceptors (Lipinski definition) is 8. The van der Waals surface area contributed by atoms with Crippen LogP contribution in [-0.4, -0.2) is 59.8 Å². The van der Waals surface area contributed by atoms with Crippen LogP contribution in [-0.2, 0) is 10.5 Å². The molecule has 0 saturated carbocycles. The van der Waals surface area contributed by atoms with E-state index in [4.69, 9.17) is 10.5 Å². The van der Waals surface area contributed by atoms with Crippen molar-refractivity contribution in [1.82, 2.24) is 19.5 Å². The zero-order chi connectivity index (χ0) is 15.4. The Labute approximate surface area is 117 Å². The highest BCUT2D eigenvalue weighted by atomic mass is 16.6. The lowest BCUT2D eigenvalue weighted by Crippen LogP contribution is -2.43. The van der Waals surface area contributed by atoms with E-state index in [9.17, 15) is 20.1 Å². The number of rotatable bonds is 2. The molecule has 10 heteroatoms. The number of ether oxygens (including phenoxy) is 1. The van der Waals surface area contributed by atoms with Crippen molar-refractivity contribution in [2.45, 2.75) is 31.0 Å². The van der Waals surface area contributed by atoms with E-state index in [-0.39, 0.29) is 17.1 Å². The summed E-state index contributed by atoms with van der Waals surface area (Å²) in [6.45, 7) is 1.04. The highest BCUT2D eigenvalue weighted by Gasteiger charge is 2.52. The highest BCUT2D eigenvalue weighted by Crippen LogP contribution is 2.36. The molecular weight excluding hydrogens is 282 g/mol. The van der Waals surface area contributed by atoms with Gasteiger partial charge in [-0.2, -0.15) is 4.98 Å². The number of fused-ring (bicyclic) bond motifs is 1. The smallest absolute Gasteiger partial charge is 0.280 e. The van der Waals surface area contributed by atoms with Crippen LogP contribution < -0.4 is 11.3 Å². The number of aliphatic hydroxyl groups is 3. The Hall–Kier alpha value is -2.01. The molecule has 10 nitrogen and oxygen atoms in total. The van der Waals surface area contributed by atoms with E-state index in [2.05, 4.69) is 15.0 Å². The van der Waals surface area contributed by atoms with E-state index in [0.717, 1.165) is 0 Å². The molecule has 1 aliphatic rings. The molecule has 3 rings (SSSR count). The molecule has 0 bridgehead atoms. The van der Waals surface area contributed by atoms with Crippen molar-refractivity contribution < 1.29 is 20.1 Å².